The third-order valence-electron chi connectivity index (χ3n) is 3.34. The highest BCUT2D eigenvalue weighted by atomic mass is 16.4. The average Bonchev–Trinajstić information content (AvgIpc) is 2.82. The van der Waals surface area contributed by atoms with Crippen LogP contribution in [0.5, 0.6) is 0 Å². The summed E-state index contributed by atoms with van der Waals surface area (Å²) < 4.78 is 1.88. The Morgan fingerprint density at radius 2 is 2.05 bits per heavy atom. The molecule has 1 N–H and O–H groups in total. The SMILES string of the molecule is CCc1ccc(C(CC(=O)O)c2nccn2C)cc1. The van der Waals surface area contributed by atoms with Crippen LogP contribution in [0.3, 0.4) is 0 Å². The van der Waals surface area contributed by atoms with Crippen LogP contribution in [-0.2, 0) is 18.3 Å². The Morgan fingerprint density at radius 3 is 2.53 bits per heavy atom. The summed E-state index contributed by atoms with van der Waals surface area (Å²) in [4.78, 5) is 15.4. The molecule has 100 valence electrons. The summed E-state index contributed by atoms with van der Waals surface area (Å²) in [7, 11) is 1.89. The molecule has 0 saturated carbocycles. The lowest BCUT2D eigenvalue weighted by molar-refractivity contribution is -0.137. The van der Waals surface area contributed by atoms with Crippen LogP contribution >= 0.6 is 0 Å². The monoisotopic (exact) mass is 258 g/mol. The Bertz CT molecular complexity index is 558. The molecule has 1 aromatic heterocycles. The summed E-state index contributed by atoms with van der Waals surface area (Å²) in [5.74, 6) is -0.234. The fraction of sp³-hybridized carbons (Fsp3) is 0.333. The topological polar surface area (TPSA) is 55.1 Å². The van der Waals surface area contributed by atoms with E-state index >= 15 is 0 Å². The molecule has 4 heteroatoms. The highest BCUT2D eigenvalue weighted by molar-refractivity contribution is 5.68. The number of hydrogen-bond donors (Lipinski definition) is 1. The molecule has 0 spiro atoms. The van der Waals surface area contributed by atoms with Gasteiger partial charge in [0.25, 0.3) is 0 Å². The minimum atomic E-state index is -0.812. The van der Waals surface area contributed by atoms with Gasteiger partial charge in [0, 0.05) is 19.4 Å². The smallest absolute Gasteiger partial charge is 0.304 e. The Kier molecular flexibility index (Phi) is 4.00. The van der Waals surface area contributed by atoms with Crippen LogP contribution in [0.15, 0.2) is 36.7 Å². The molecule has 1 heterocycles. The van der Waals surface area contributed by atoms with Crippen molar-refractivity contribution in [1.29, 1.82) is 0 Å². The number of rotatable bonds is 5. The van der Waals surface area contributed by atoms with Gasteiger partial charge < -0.3 is 9.67 Å². The van der Waals surface area contributed by atoms with E-state index in [1.807, 2.05) is 42.1 Å². The van der Waals surface area contributed by atoms with E-state index in [2.05, 4.69) is 11.9 Å². The molecule has 4 nitrogen and oxygen atoms in total. The predicted molar refractivity (Wildman–Crippen MR) is 73.1 cm³/mol. The van der Waals surface area contributed by atoms with Crippen molar-refractivity contribution in [3.8, 4) is 0 Å². The van der Waals surface area contributed by atoms with Crippen LogP contribution in [0, 0.1) is 0 Å². The first kappa shape index (κ1) is 13.3. The lowest BCUT2D eigenvalue weighted by atomic mass is 9.93. The quantitative estimate of drug-likeness (QED) is 0.896. The van der Waals surface area contributed by atoms with Crippen molar-refractivity contribution in [1.82, 2.24) is 9.55 Å². The Hall–Kier alpha value is -2.10. The van der Waals surface area contributed by atoms with E-state index < -0.39 is 5.97 Å². The lowest BCUT2D eigenvalue weighted by Gasteiger charge is -2.15. The number of carbonyl (C=O) groups is 1. The third-order valence-corrected chi connectivity index (χ3v) is 3.34. The molecule has 0 fully saturated rings. The van der Waals surface area contributed by atoms with Crippen LogP contribution in [-0.4, -0.2) is 20.6 Å². The number of aliphatic carboxylic acids is 1. The Morgan fingerprint density at radius 1 is 1.37 bits per heavy atom. The van der Waals surface area contributed by atoms with Crippen molar-refractivity contribution in [2.75, 3.05) is 0 Å². The minimum Gasteiger partial charge on any atom is -0.481 e. The number of aryl methyl sites for hydroxylation is 2. The summed E-state index contributed by atoms with van der Waals surface area (Å²) in [6, 6.07) is 8.10. The maximum absolute atomic E-state index is 11.1. The van der Waals surface area contributed by atoms with Gasteiger partial charge in [0.05, 0.1) is 12.3 Å². The third kappa shape index (κ3) is 3.02. The van der Waals surface area contributed by atoms with Crippen LogP contribution < -0.4 is 0 Å². The number of imidazole rings is 1. The molecule has 2 aromatic rings. The first-order valence-corrected chi connectivity index (χ1v) is 6.39. The van der Waals surface area contributed by atoms with E-state index in [9.17, 15) is 4.79 Å². The van der Waals surface area contributed by atoms with Gasteiger partial charge in [0.1, 0.15) is 5.82 Å². The van der Waals surface area contributed by atoms with E-state index in [-0.39, 0.29) is 12.3 Å². The molecule has 0 amide bonds. The second-order valence-corrected chi connectivity index (χ2v) is 4.64. The van der Waals surface area contributed by atoms with Gasteiger partial charge in [-0.3, -0.25) is 4.79 Å². The zero-order chi connectivity index (χ0) is 13.8. The van der Waals surface area contributed by atoms with Crippen molar-refractivity contribution in [2.24, 2.45) is 7.05 Å². The summed E-state index contributed by atoms with van der Waals surface area (Å²) >= 11 is 0. The van der Waals surface area contributed by atoms with Gasteiger partial charge in [-0.05, 0) is 17.5 Å². The molecular formula is C15H18N2O2. The zero-order valence-electron chi connectivity index (χ0n) is 11.2. The molecule has 0 aliphatic rings. The van der Waals surface area contributed by atoms with E-state index in [0.29, 0.717) is 0 Å². The highest BCUT2D eigenvalue weighted by Crippen LogP contribution is 2.26. The molecule has 19 heavy (non-hydrogen) atoms. The van der Waals surface area contributed by atoms with Crippen molar-refractivity contribution < 1.29 is 9.90 Å². The fourth-order valence-corrected chi connectivity index (χ4v) is 2.23. The summed E-state index contributed by atoms with van der Waals surface area (Å²) in [5.41, 5.74) is 2.24. The van der Waals surface area contributed by atoms with Crippen molar-refractivity contribution in [3.05, 3.63) is 53.6 Å². The molecular weight excluding hydrogens is 240 g/mol. The molecule has 0 aliphatic carbocycles. The van der Waals surface area contributed by atoms with Gasteiger partial charge in [0.15, 0.2) is 0 Å². The molecule has 1 atom stereocenters. The number of nitrogens with zero attached hydrogens (tertiary/aromatic N) is 2. The van der Waals surface area contributed by atoms with Gasteiger partial charge in [-0.15, -0.1) is 0 Å². The zero-order valence-corrected chi connectivity index (χ0v) is 11.2. The van der Waals surface area contributed by atoms with Gasteiger partial charge in [-0.25, -0.2) is 4.98 Å². The molecule has 1 unspecified atom stereocenters. The van der Waals surface area contributed by atoms with Crippen molar-refractivity contribution in [3.63, 3.8) is 0 Å². The normalized spacial score (nSPS) is 12.3. The molecule has 2 rings (SSSR count). The number of aromatic nitrogens is 2. The molecule has 0 saturated heterocycles. The second kappa shape index (κ2) is 5.69. The van der Waals surface area contributed by atoms with E-state index in [1.165, 1.54) is 5.56 Å². The Labute approximate surface area is 112 Å². The minimum absolute atomic E-state index is 0.0519. The van der Waals surface area contributed by atoms with E-state index in [1.54, 1.807) is 6.20 Å². The summed E-state index contributed by atoms with van der Waals surface area (Å²) in [5, 5.41) is 9.10. The molecule has 0 radical (unpaired) electrons. The van der Waals surface area contributed by atoms with Crippen LogP contribution in [0.25, 0.3) is 0 Å². The van der Waals surface area contributed by atoms with Crippen LogP contribution in [0.1, 0.15) is 36.2 Å². The maximum atomic E-state index is 11.1. The standard InChI is InChI=1S/C15H18N2O2/c1-3-11-4-6-12(7-5-11)13(10-14(18)19)15-16-8-9-17(15)2/h4-9,13H,3,10H2,1-2H3,(H,18,19). The highest BCUT2D eigenvalue weighted by Gasteiger charge is 2.21. The number of hydrogen-bond acceptors (Lipinski definition) is 2. The molecule has 0 aliphatic heterocycles. The van der Waals surface area contributed by atoms with Crippen LogP contribution in [0.2, 0.25) is 0 Å². The first-order chi connectivity index (χ1) is 9.11. The van der Waals surface area contributed by atoms with Crippen molar-refractivity contribution in [2.45, 2.75) is 25.7 Å². The maximum Gasteiger partial charge on any atom is 0.304 e. The van der Waals surface area contributed by atoms with E-state index in [0.717, 1.165) is 17.8 Å². The second-order valence-electron chi connectivity index (χ2n) is 4.64. The van der Waals surface area contributed by atoms with E-state index in [4.69, 9.17) is 5.11 Å². The lowest BCUT2D eigenvalue weighted by Crippen LogP contribution is -2.12. The number of carboxylic acid groups (broad SMARTS) is 1. The largest absolute Gasteiger partial charge is 0.481 e. The first-order valence-electron chi connectivity index (χ1n) is 6.39. The average molecular weight is 258 g/mol. The van der Waals surface area contributed by atoms with Gasteiger partial charge in [-0.2, -0.15) is 0 Å². The van der Waals surface area contributed by atoms with Crippen molar-refractivity contribution >= 4 is 5.97 Å². The van der Waals surface area contributed by atoms with Gasteiger partial charge >= 0.3 is 5.97 Å². The number of benzene rings is 1. The Balaban J connectivity index is 2.36. The predicted octanol–water partition coefficient (Wildman–Crippen LogP) is 2.59. The summed E-state index contributed by atoms with van der Waals surface area (Å²) in [6.45, 7) is 2.10. The van der Waals surface area contributed by atoms with Gasteiger partial charge in [-0.1, -0.05) is 31.2 Å². The summed E-state index contributed by atoms with van der Waals surface area (Å²) in [6.07, 6.45) is 4.57. The number of carboxylic acids is 1. The fourth-order valence-electron chi connectivity index (χ4n) is 2.23. The van der Waals surface area contributed by atoms with Gasteiger partial charge in [0.2, 0.25) is 0 Å². The molecule has 1 aromatic carbocycles. The van der Waals surface area contributed by atoms with Crippen LogP contribution in [0.4, 0.5) is 0 Å². The molecule has 0 bridgehead atoms.